The largest absolute Gasteiger partial charge is 0.370 e. The first-order chi connectivity index (χ1) is 13.2. The van der Waals surface area contributed by atoms with Gasteiger partial charge >= 0.3 is 0 Å². The molecule has 1 fully saturated rings. The highest BCUT2D eigenvalue weighted by molar-refractivity contribution is 7.90. The van der Waals surface area contributed by atoms with Gasteiger partial charge in [0, 0.05) is 43.2 Å². The van der Waals surface area contributed by atoms with Crippen LogP contribution in [0.25, 0.3) is 0 Å². The van der Waals surface area contributed by atoms with E-state index < -0.39 is 33.6 Å². The number of benzene rings is 1. The summed E-state index contributed by atoms with van der Waals surface area (Å²) in [6.07, 6.45) is 2.59. The third-order valence-electron chi connectivity index (χ3n) is 5.37. The predicted octanol–water partition coefficient (Wildman–Crippen LogP) is 1.94. The third-order valence-corrected chi connectivity index (χ3v) is 6.35. The van der Waals surface area contributed by atoms with Gasteiger partial charge in [0.2, 0.25) is 0 Å². The maximum absolute atomic E-state index is 14.1. The Balaban J connectivity index is 1.47. The van der Waals surface area contributed by atoms with Crippen molar-refractivity contribution in [2.45, 2.75) is 42.7 Å². The first-order valence-electron chi connectivity index (χ1n) is 8.96. The minimum absolute atomic E-state index is 0.00282. The molecule has 0 bridgehead atoms. The smallest absolute Gasteiger partial charge is 0.192 e. The van der Waals surface area contributed by atoms with Crippen molar-refractivity contribution < 1.29 is 21.9 Å². The first kappa shape index (κ1) is 19.4. The molecule has 0 radical (unpaired) electrons. The van der Waals surface area contributed by atoms with E-state index in [0.717, 1.165) is 35.6 Å². The highest BCUT2D eigenvalue weighted by Gasteiger charge is 2.36. The Morgan fingerprint density at radius 3 is 2.68 bits per heavy atom. The number of rotatable bonds is 3. The summed E-state index contributed by atoms with van der Waals surface area (Å²) < 4.78 is 56.8. The van der Waals surface area contributed by atoms with Crippen LogP contribution in [0.3, 0.4) is 0 Å². The van der Waals surface area contributed by atoms with Crippen molar-refractivity contribution in [1.82, 2.24) is 9.88 Å². The van der Waals surface area contributed by atoms with E-state index in [4.69, 9.17) is 10.5 Å². The number of ether oxygens (including phenoxy) is 1. The van der Waals surface area contributed by atoms with E-state index in [9.17, 15) is 17.2 Å². The number of sulfone groups is 1. The molecule has 6 nitrogen and oxygen atoms in total. The molecule has 0 saturated carbocycles. The van der Waals surface area contributed by atoms with Crippen LogP contribution in [0.1, 0.15) is 29.2 Å². The Morgan fingerprint density at radius 2 is 1.96 bits per heavy atom. The third kappa shape index (κ3) is 3.67. The van der Waals surface area contributed by atoms with Gasteiger partial charge in [-0.2, -0.15) is 0 Å². The molecule has 2 N–H and O–H groups in total. The molecule has 150 valence electrons. The van der Waals surface area contributed by atoms with Gasteiger partial charge in [-0.1, -0.05) is 0 Å². The van der Waals surface area contributed by atoms with Crippen LogP contribution in [0.5, 0.6) is 0 Å². The number of hydrogen-bond donors (Lipinski definition) is 1. The van der Waals surface area contributed by atoms with Crippen molar-refractivity contribution in [2.24, 2.45) is 5.73 Å². The molecule has 2 aliphatic heterocycles. The van der Waals surface area contributed by atoms with Crippen molar-refractivity contribution in [3.63, 3.8) is 0 Å². The number of hydrogen-bond acceptors (Lipinski definition) is 6. The van der Waals surface area contributed by atoms with E-state index in [1.54, 1.807) is 12.3 Å². The van der Waals surface area contributed by atoms with E-state index in [-0.39, 0.29) is 16.6 Å². The number of aromatic nitrogens is 1. The second kappa shape index (κ2) is 7.14. The molecule has 1 saturated heterocycles. The molecular weight excluding hydrogens is 388 g/mol. The van der Waals surface area contributed by atoms with Gasteiger partial charge < -0.3 is 10.5 Å². The van der Waals surface area contributed by atoms with Gasteiger partial charge in [-0.15, -0.1) is 0 Å². The number of nitrogens with two attached hydrogens (primary N) is 1. The molecule has 0 spiro atoms. The van der Waals surface area contributed by atoms with Crippen LogP contribution in [0.2, 0.25) is 0 Å². The molecule has 3 heterocycles. The Kier molecular flexibility index (Phi) is 4.95. The lowest BCUT2D eigenvalue weighted by molar-refractivity contribution is -0.0531. The molecule has 0 aliphatic carbocycles. The maximum atomic E-state index is 14.1. The van der Waals surface area contributed by atoms with Crippen molar-refractivity contribution in [2.75, 3.05) is 12.9 Å². The molecule has 28 heavy (non-hydrogen) atoms. The van der Waals surface area contributed by atoms with Gasteiger partial charge in [0.1, 0.15) is 17.7 Å². The molecular formula is C19H21F2N3O3S. The number of fused-ring (bicyclic) bond motifs is 1. The zero-order chi connectivity index (χ0) is 20.1. The molecule has 1 aromatic heterocycles. The summed E-state index contributed by atoms with van der Waals surface area (Å²) in [5, 5.41) is 0.0614. The number of pyridine rings is 1. The second-order valence-electron chi connectivity index (χ2n) is 7.44. The highest BCUT2D eigenvalue weighted by atomic mass is 32.2. The normalized spacial score (nSPS) is 25.6. The molecule has 9 heteroatoms. The molecule has 2 aliphatic rings. The van der Waals surface area contributed by atoms with E-state index in [1.165, 1.54) is 0 Å². The lowest BCUT2D eigenvalue weighted by atomic mass is 9.93. The fourth-order valence-corrected chi connectivity index (χ4v) is 4.50. The average molecular weight is 409 g/mol. The van der Waals surface area contributed by atoms with Crippen LogP contribution in [0.15, 0.2) is 35.5 Å². The van der Waals surface area contributed by atoms with Gasteiger partial charge in [0.15, 0.2) is 14.9 Å². The van der Waals surface area contributed by atoms with Crippen molar-refractivity contribution in [3.05, 3.63) is 58.8 Å². The number of nitrogens with zero attached hydrogens (tertiary/aromatic N) is 2. The predicted molar refractivity (Wildman–Crippen MR) is 98.0 cm³/mol. The van der Waals surface area contributed by atoms with Crippen LogP contribution in [0, 0.1) is 11.6 Å². The van der Waals surface area contributed by atoms with Crippen molar-refractivity contribution in [3.8, 4) is 0 Å². The van der Waals surface area contributed by atoms with Gasteiger partial charge in [0.05, 0.1) is 6.61 Å². The monoisotopic (exact) mass is 409 g/mol. The Hall–Kier alpha value is -1.94. The summed E-state index contributed by atoms with van der Waals surface area (Å²) in [6, 6.07) is 4.40. The summed E-state index contributed by atoms with van der Waals surface area (Å²) >= 11 is 0. The van der Waals surface area contributed by atoms with Crippen LogP contribution in [-0.2, 0) is 27.7 Å². The lowest BCUT2D eigenvalue weighted by Gasteiger charge is -2.38. The summed E-state index contributed by atoms with van der Waals surface area (Å²) in [4.78, 5) is 6.19. The zero-order valence-electron chi connectivity index (χ0n) is 15.3. The van der Waals surface area contributed by atoms with Crippen LogP contribution < -0.4 is 5.73 Å². The summed E-state index contributed by atoms with van der Waals surface area (Å²) in [7, 11) is -3.36. The molecule has 0 amide bonds. The van der Waals surface area contributed by atoms with Gasteiger partial charge in [0.25, 0.3) is 0 Å². The minimum Gasteiger partial charge on any atom is -0.370 e. The zero-order valence-corrected chi connectivity index (χ0v) is 16.1. The average Bonchev–Trinajstić information content (AvgIpc) is 3.06. The fourth-order valence-electron chi connectivity index (χ4n) is 3.90. The van der Waals surface area contributed by atoms with Gasteiger partial charge in [-0.3, -0.25) is 4.90 Å². The topological polar surface area (TPSA) is 85.5 Å². The SMILES string of the molecule is CS(=O)(=O)c1cc2c(cn1)CN([C@H]1CO[C@H](c3cc(F)ccc3F)[C@@H](N)C1)C2. The van der Waals surface area contributed by atoms with Crippen molar-refractivity contribution >= 4 is 9.84 Å². The van der Waals surface area contributed by atoms with Crippen LogP contribution >= 0.6 is 0 Å². The van der Waals surface area contributed by atoms with E-state index in [2.05, 4.69) is 9.88 Å². The quantitative estimate of drug-likeness (QED) is 0.834. The fraction of sp³-hybridized carbons (Fsp3) is 0.421. The van der Waals surface area contributed by atoms with Crippen molar-refractivity contribution in [1.29, 1.82) is 0 Å². The maximum Gasteiger partial charge on any atom is 0.192 e. The van der Waals surface area contributed by atoms with Gasteiger partial charge in [-0.25, -0.2) is 22.2 Å². The Morgan fingerprint density at radius 1 is 1.21 bits per heavy atom. The molecule has 3 atom stereocenters. The minimum atomic E-state index is -3.36. The summed E-state index contributed by atoms with van der Waals surface area (Å²) in [5.41, 5.74) is 8.27. The Labute approximate surface area is 162 Å². The summed E-state index contributed by atoms with van der Waals surface area (Å²) in [6.45, 7) is 1.51. The number of halogens is 2. The molecule has 0 unspecified atom stereocenters. The highest BCUT2D eigenvalue weighted by Crippen LogP contribution is 2.34. The lowest BCUT2D eigenvalue weighted by Crippen LogP contribution is -2.47. The van der Waals surface area contributed by atoms with Gasteiger partial charge in [-0.05, 0) is 41.8 Å². The molecule has 4 rings (SSSR count). The van der Waals surface area contributed by atoms with Crippen LogP contribution in [-0.4, -0.2) is 43.2 Å². The first-order valence-corrected chi connectivity index (χ1v) is 10.9. The summed E-state index contributed by atoms with van der Waals surface area (Å²) in [5.74, 6) is -1.06. The van der Waals surface area contributed by atoms with E-state index in [0.29, 0.717) is 26.1 Å². The van der Waals surface area contributed by atoms with E-state index >= 15 is 0 Å². The molecule has 1 aromatic carbocycles. The van der Waals surface area contributed by atoms with Crippen LogP contribution in [0.4, 0.5) is 8.78 Å². The second-order valence-corrected chi connectivity index (χ2v) is 9.40. The molecule has 2 aromatic rings. The standard InChI is InChI=1S/C19H21F2N3O3S/c1-28(25,26)18-4-11-8-24(9-12(11)7-23-18)14-6-17(22)19(27-10-14)15-5-13(20)2-3-16(15)21/h2-5,7,14,17,19H,6,8-10,22H2,1H3/t14-,17+,19-/m1/s1. The Bertz CT molecular complexity index is 1020. The van der Waals surface area contributed by atoms with E-state index in [1.807, 2.05) is 0 Å².